The molecule has 0 saturated carbocycles. The van der Waals surface area contributed by atoms with E-state index in [9.17, 15) is 0 Å². The Bertz CT molecular complexity index is 613. The number of aryl methyl sites for hydroxylation is 2. The molecule has 0 aliphatic rings. The summed E-state index contributed by atoms with van der Waals surface area (Å²) < 4.78 is 8.78. The summed E-state index contributed by atoms with van der Waals surface area (Å²) in [5, 5.41) is 5.07. The van der Waals surface area contributed by atoms with Crippen LogP contribution in [0.5, 0.6) is 5.75 Å². The van der Waals surface area contributed by atoms with Crippen LogP contribution in [0.1, 0.15) is 23.9 Å². The Morgan fingerprint density at radius 3 is 2.85 bits per heavy atom. The fourth-order valence-corrected chi connectivity index (χ4v) is 2.67. The van der Waals surface area contributed by atoms with E-state index in [4.69, 9.17) is 22.1 Å². The van der Waals surface area contributed by atoms with Crippen molar-refractivity contribution in [2.75, 3.05) is 0 Å². The highest BCUT2D eigenvalue weighted by molar-refractivity contribution is 9.10. The molecule has 2 aromatic rings. The first-order chi connectivity index (χ1) is 9.58. The van der Waals surface area contributed by atoms with Crippen LogP contribution >= 0.6 is 27.5 Å². The third kappa shape index (κ3) is 3.00. The molecule has 0 fully saturated rings. The summed E-state index contributed by atoms with van der Waals surface area (Å²) in [4.78, 5) is 0. The molecule has 0 aliphatic carbocycles. The van der Waals surface area contributed by atoms with Gasteiger partial charge < -0.3 is 10.5 Å². The number of hydrogen-bond donors (Lipinski definition) is 1. The molecule has 1 aromatic heterocycles. The zero-order chi connectivity index (χ0) is 14.7. The molecule has 0 unspecified atom stereocenters. The molecule has 4 nitrogen and oxygen atoms in total. The first-order valence-electron chi connectivity index (χ1n) is 6.40. The van der Waals surface area contributed by atoms with Gasteiger partial charge in [-0.3, -0.25) is 4.68 Å². The highest BCUT2D eigenvalue weighted by Gasteiger charge is 2.14. The largest absolute Gasteiger partial charge is 0.487 e. The summed E-state index contributed by atoms with van der Waals surface area (Å²) in [7, 11) is 0. The Labute approximate surface area is 132 Å². The minimum absolute atomic E-state index is 0.349. The molecule has 2 rings (SSSR count). The quantitative estimate of drug-likeness (QED) is 0.887. The summed E-state index contributed by atoms with van der Waals surface area (Å²) in [6, 6.07) is 5.54. The first-order valence-corrected chi connectivity index (χ1v) is 7.57. The van der Waals surface area contributed by atoms with Gasteiger partial charge in [0, 0.05) is 23.7 Å². The SMILES string of the molecule is CCn1nc(C)c(Br)c1COc1cccc(Cl)c1CN. The van der Waals surface area contributed by atoms with Crippen LogP contribution in [0, 0.1) is 6.92 Å². The molecule has 108 valence electrons. The third-order valence-corrected chi connectivity index (χ3v) is 4.48. The number of rotatable bonds is 5. The molecule has 0 spiro atoms. The fourth-order valence-electron chi connectivity index (χ4n) is 2.03. The van der Waals surface area contributed by atoms with Gasteiger partial charge in [0.15, 0.2) is 0 Å². The van der Waals surface area contributed by atoms with Crippen LogP contribution in [0.15, 0.2) is 22.7 Å². The zero-order valence-corrected chi connectivity index (χ0v) is 13.8. The van der Waals surface area contributed by atoms with E-state index >= 15 is 0 Å². The summed E-state index contributed by atoms with van der Waals surface area (Å²) >= 11 is 9.67. The number of benzene rings is 1. The standard InChI is InChI=1S/C14H17BrClN3O/c1-3-19-12(14(15)9(2)18-19)8-20-13-6-4-5-11(16)10(13)7-17/h4-6H,3,7-8,17H2,1-2H3. The molecule has 0 aliphatic heterocycles. The van der Waals surface area contributed by atoms with Crippen molar-refractivity contribution >= 4 is 27.5 Å². The summed E-state index contributed by atoms with van der Waals surface area (Å²) in [6.07, 6.45) is 0. The van der Waals surface area contributed by atoms with Crippen molar-refractivity contribution in [3.8, 4) is 5.75 Å². The van der Waals surface area contributed by atoms with E-state index in [1.165, 1.54) is 0 Å². The predicted molar refractivity (Wildman–Crippen MR) is 84.0 cm³/mol. The van der Waals surface area contributed by atoms with Gasteiger partial charge in [0.05, 0.1) is 15.9 Å². The Morgan fingerprint density at radius 1 is 1.45 bits per heavy atom. The monoisotopic (exact) mass is 357 g/mol. The number of ether oxygens (including phenoxy) is 1. The molecule has 6 heteroatoms. The van der Waals surface area contributed by atoms with Gasteiger partial charge in [-0.05, 0) is 41.9 Å². The average molecular weight is 359 g/mol. The van der Waals surface area contributed by atoms with Crippen molar-refractivity contribution in [3.05, 3.63) is 44.6 Å². The van der Waals surface area contributed by atoms with Gasteiger partial charge in [-0.15, -0.1) is 0 Å². The van der Waals surface area contributed by atoms with Crippen molar-refractivity contribution in [1.29, 1.82) is 0 Å². The predicted octanol–water partition coefficient (Wildman–Crippen LogP) is 3.67. The molecule has 0 atom stereocenters. The third-order valence-electron chi connectivity index (χ3n) is 3.10. The van der Waals surface area contributed by atoms with Crippen molar-refractivity contribution in [1.82, 2.24) is 9.78 Å². The van der Waals surface area contributed by atoms with Gasteiger partial charge in [-0.2, -0.15) is 5.10 Å². The second kappa shape index (κ2) is 6.61. The Hall–Kier alpha value is -1.04. The Balaban J connectivity index is 2.23. The lowest BCUT2D eigenvalue weighted by atomic mass is 10.2. The van der Waals surface area contributed by atoms with Crippen LogP contribution in [0.3, 0.4) is 0 Å². The Morgan fingerprint density at radius 2 is 2.20 bits per heavy atom. The second-order valence-corrected chi connectivity index (χ2v) is 5.57. The Kier molecular flexibility index (Phi) is 5.07. The number of nitrogens with zero attached hydrogens (tertiary/aromatic N) is 2. The van der Waals surface area contributed by atoms with E-state index in [0.717, 1.165) is 28.0 Å². The lowest BCUT2D eigenvalue weighted by molar-refractivity contribution is 0.289. The van der Waals surface area contributed by atoms with E-state index in [2.05, 4.69) is 21.0 Å². The van der Waals surface area contributed by atoms with Crippen molar-refractivity contribution in [2.24, 2.45) is 5.73 Å². The van der Waals surface area contributed by atoms with Crippen LogP contribution in [-0.2, 0) is 19.7 Å². The normalized spacial score (nSPS) is 10.8. The maximum atomic E-state index is 6.12. The molecular weight excluding hydrogens is 342 g/mol. The minimum Gasteiger partial charge on any atom is -0.487 e. The van der Waals surface area contributed by atoms with Crippen LogP contribution in [-0.4, -0.2) is 9.78 Å². The highest BCUT2D eigenvalue weighted by Crippen LogP contribution is 2.28. The molecule has 20 heavy (non-hydrogen) atoms. The smallest absolute Gasteiger partial charge is 0.131 e. The molecule has 1 aromatic carbocycles. The number of aromatic nitrogens is 2. The molecule has 1 heterocycles. The first kappa shape index (κ1) is 15.4. The average Bonchev–Trinajstić information content (AvgIpc) is 2.72. The van der Waals surface area contributed by atoms with Crippen LogP contribution in [0.25, 0.3) is 0 Å². The highest BCUT2D eigenvalue weighted by atomic mass is 79.9. The molecule has 0 radical (unpaired) electrons. The molecule has 0 amide bonds. The summed E-state index contributed by atoms with van der Waals surface area (Å²) in [6.45, 7) is 5.58. The van der Waals surface area contributed by atoms with E-state index in [1.807, 2.05) is 36.7 Å². The number of halogens is 2. The van der Waals surface area contributed by atoms with E-state index in [-0.39, 0.29) is 0 Å². The van der Waals surface area contributed by atoms with E-state index < -0.39 is 0 Å². The fraction of sp³-hybridized carbons (Fsp3) is 0.357. The second-order valence-electron chi connectivity index (χ2n) is 4.37. The van der Waals surface area contributed by atoms with Gasteiger partial charge >= 0.3 is 0 Å². The zero-order valence-electron chi connectivity index (χ0n) is 11.5. The number of nitrogens with two attached hydrogens (primary N) is 1. The van der Waals surface area contributed by atoms with E-state index in [0.29, 0.717) is 23.9 Å². The van der Waals surface area contributed by atoms with Crippen LogP contribution in [0.2, 0.25) is 5.02 Å². The lowest BCUT2D eigenvalue weighted by Crippen LogP contribution is -2.08. The molecule has 2 N–H and O–H groups in total. The van der Waals surface area contributed by atoms with Gasteiger partial charge in [0.25, 0.3) is 0 Å². The van der Waals surface area contributed by atoms with Gasteiger partial charge in [0.1, 0.15) is 12.4 Å². The topological polar surface area (TPSA) is 53.1 Å². The molecular formula is C14H17BrClN3O. The molecule has 0 bridgehead atoms. The van der Waals surface area contributed by atoms with Crippen LogP contribution in [0.4, 0.5) is 0 Å². The van der Waals surface area contributed by atoms with Gasteiger partial charge in [-0.25, -0.2) is 0 Å². The van der Waals surface area contributed by atoms with E-state index in [1.54, 1.807) is 0 Å². The number of hydrogen-bond acceptors (Lipinski definition) is 3. The summed E-state index contributed by atoms with van der Waals surface area (Å²) in [5.74, 6) is 0.716. The van der Waals surface area contributed by atoms with Gasteiger partial charge in [0.2, 0.25) is 0 Å². The lowest BCUT2D eigenvalue weighted by Gasteiger charge is -2.12. The maximum Gasteiger partial charge on any atom is 0.131 e. The minimum atomic E-state index is 0.349. The molecule has 0 saturated heterocycles. The van der Waals surface area contributed by atoms with Gasteiger partial charge in [-0.1, -0.05) is 17.7 Å². The van der Waals surface area contributed by atoms with Crippen molar-refractivity contribution < 1.29 is 4.74 Å². The maximum absolute atomic E-state index is 6.12. The summed E-state index contributed by atoms with van der Waals surface area (Å²) in [5.41, 5.74) is 8.50. The van der Waals surface area contributed by atoms with Crippen molar-refractivity contribution in [3.63, 3.8) is 0 Å². The van der Waals surface area contributed by atoms with Crippen molar-refractivity contribution in [2.45, 2.75) is 33.5 Å². The van der Waals surface area contributed by atoms with Crippen LogP contribution < -0.4 is 10.5 Å².